The van der Waals surface area contributed by atoms with Crippen molar-refractivity contribution in [1.29, 1.82) is 0 Å². The van der Waals surface area contributed by atoms with E-state index in [0.29, 0.717) is 12.2 Å². The molecule has 0 spiro atoms. The molecule has 1 N–H and O–H groups in total. The fourth-order valence-electron chi connectivity index (χ4n) is 1.75. The number of nitrogens with zero attached hydrogens (tertiary/aromatic N) is 2. The minimum Gasteiger partial charge on any atom is -0.382 e. The number of halogens is 3. The van der Waals surface area contributed by atoms with Crippen LogP contribution < -0.4 is 0 Å². The van der Waals surface area contributed by atoms with E-state index in [1.165, 1.54) is 6.07 Å². The first-order valence-corrected chi connectivity index (χ1v) is 6.18. The van der Waals surface area contributed by atoms with E-state index in [4.69, 9.17) is 0 Å². The Kier molecular flexibility index (Phi) is 3.77. The molecular weight excluding hydrogens is 306 g/mol. The molecule has 1 unspecified atom stereocenters. The molecule has 1 heterocycles. The first kappa shape index (κ1) is 13.2. The van der Waals surface area contributed by atoms with Gasteiger partial charge in [0.2, 0.25) is 0 Å². The highest BCUT2D eigenvalue weighted by Crippen LogP contribution is 2.31. The molecule has 0 bridgehead atoms. The molecule has 1 atom stereocenters. The van der Waals surface area contributed by atoms with Crippen LogP contribution in [0.5, 0.6) is 0 Å². The summed E-state index contributed by atoms with van der Waals surface area (Å²) in [5, 5.41) is 14.2. The van der Waals surface area contributed by atoms with Gasteiger partial charge in [-0.3, -0.25) is 4.68 Å². The maximum Gasteiger partial charge on any atom is 0.173 e. The van der Waals surface area contributed by atoms with Gasteiger partial charge in [0.05, 0.1) is 10.2 Å². The Bertz CT molecular complexity index is 571. The van der Waals surface area contributed by atoms with Crippen LogP contribution in [0.1, 0.15) is 24.3 Å². The molecule has 0 aliphatic carbocycles. The lowest BCUT2D eigenvalue weighted by Gasteiger charge is -2.14. The van der Waals surface area contributed by atoms with Crippen LogP contribution in [-0.2, 0) is 6.54 Å². The lowest BCUT2D eigenvalue weighted by molar-refractivity contribution is 0.206. The molecule has 3 nitrogen and oxygen atoms in total. The van der Waals surface area contributed by atoms with E-state index in [2.05, 4.69) is 21.0 Å². The number of aryl methyl sites for hydroxylation is 1. The number of aromatic nitrogens is 2. The smallest absolute Gasteiger partial charge is 0.173 e. The van der Waals surface area contributed by atoms with Gasteiger partial charge in [-0.05, 0) is 35.0 Å². The monoisotopic (exact) mass is 316 g/mol. The Hall–Kier alpha value is -1.27. The van der Waals surface area contributed by atoms with Gasteiger partial charge < -0.3 is 5.11 Å². The first-order chi connectivity index (χ1) is 8.56. The van der Waals surface area contributed by atoms with Gasteiger partial charge in [0, 0.05) is 18.3 Å². The molecule has 2 aromatic rings. The molecule has 1 aromatic carbocycles. The molecule has 0 saturated heterocycles. The number of rotatable bonds is 3. The van der Waals surface area contributed by atoms with Crippen molar-refractivity contribution in [2.75, 3.05) is 0 Å². The maximum atomic E-state index is 13.4. The summed E-state index contributed by atoms with van der Waals surface area (Å²) in [6.07, 6.45) is 0.493. The molecule has 2 rings (SSSR count). The van der Waals surface area contributed by atoms with Crippen molar-refractivity contribution in [3.63, 3.8) is 0 Å². The Balaban J connectivity index is 2.46. The van der Waals surface area contributed by atoms with Crippen LogP contribution in [0.2, 0.25) is 0 Å². The van der Waals surface area contributed by atoms with Gasteiger partial charge in [-0.2, -0.15) is 5.10 Å². The summed E-state index contributed by atoms with van der Waals surface area (Å²) >= 11 is 2.96. The summed E-state index contributed by atoms with van der Waals surface area (Å²) in [4.78, 5) is 0. The summed E-state index contributed by atoms with van der Waals surface area (Å²) in [6, 6.07) is 3.98. The van der Waals surface area contributed by atoms with Crippen molar-refractivity contribution in [2.24, 2.45) is 0 Å². The van der Waals surface area contributed by atoms with E-state index >= 15 is 0 Å². The van der Waals surface area contributed by atoms with E-state index < -0.39 is 17.7 Å². The lowest BCUT2D eigenvalue weighted by atomic mass is 10.1. The summed E-state index contributed by atoms with van der Waals surface area (Å²) in [6.45, 7) is 2.46. The van der Waals surface area contributed by atoms with Crippen molar-refractivity contribution < 1.29 is 13.9 Å². The van der Waals surface area contributed by atoms with Crippen molar-refractivity contribution in [3.8, 4) is 0 Å². The van der Waals surface area contributed by atoms with Crippen LogP contribution in [0.15, 0.2) is 28.9 Å². The quantitative estimate of drug-likeness (QED) is 0.884. The van der Waals surface area contributed by atoms with Crippen LogP contribution in [0.4, 0.5) is 8.78 Å². The summed E-state index contributed by atoms with van der Waals surface area (Å²) in [5.74, 6) is -1.96. The summed E-state index contributed by atoms with van der Waals surface area (Å²) < 4.78 is 28.0. The zero-order valence-corrected chi connectivity index (χ0v) is 11.2. The third kappa shape index (κ3) is 2.18. The van der Waals surface area contributed by atoms with Gasteiger partial charge in [-0.15, -0.1) is 0 Å². The number of hydrogen-bond acceptors (Lipinski definition) is 2. The van der Waals surface area contributed by atoms with Crippen LogP contribution in [0.3, 0.4) is 0 Å². The lowest BCUT2D eigenvalue weighted by Crippen LogP contribution is -2.10. The highest BCUT2D eigenvalue weighted by Gasteiger charge is 2.21. The predicted molar refractivity (Wildman–Crippen MR) is 66.0 cm³/mol. The van der Waals surface area contributed by atoms with Gasteiger partial charge >= 0.3 is 0 Å². The standard InChI is InChI=1S/C12H11BrF2N2O/c1-2-17-9(5-6-16-17)12(18)7-3-4-8(14)11(15)10(7)13/h3-6,12,18H,2H2,1H3. The fraction of sp³-hybridized carbons (Fsp3) is 0.250. The second-order valence-electron chi connectivity index (χ2n) is 3.74. The zero-order valence-electron chi connectivity index (χ0n) is 9.57. The van der Waals surface area contributed by atoms with E-state index in [0.717, 1.165) is 6.07 Å². The summed E-state index contributed by atoms with van der Waals surface area (Å²) in [7, 11) is 0. The zero-order chi connectivity index (χ0) is 13.3. The van der Waals surface area contributed by atoms with Gasteiger partial charge in [-0.25, -0.2) is 8.78 Å². The Morgan fingerprint density at radius 2 is 2.11 bits per heavy atom. The molecule has 0 radical (unpaired) electrons. The van der Waals surface area contributed by atoms with E-state index in [-0.39, 0.29) is 10.0 Å². The average molecular weight is 317 g/mol. The predicted octanol–water partition coefficient (Wildman–Crippen LogP) is 3.03. The van der Waals surface area contributed by atoms with E-state index in [9.17, 15) is 13.9 Å². The van der Waals surface area contributed by atoms with Crippen LogP contribution in [0, 0.1) is 11.6 Å². The average Bonchev–Trinajstić information content (AvgIpc) is 2.83. The van der Waals surface area contributed by atoms with Gasteiger partial charge in [0.1, 0.15) is 6.10 Å². The molecule has 0 aliphatic rings. The highest BCUT2D eigenvalue weighted by atomic mass is 79.9. The van der Waals surface area contributed by atoms with Gasteiger partial charge in [0.25, 0.3) is 0 Å². The first-order valence-electron chi connectivity index (χ1n) is 5.39. The molecule has 0 fully saturated rings. The van der Waals surface area contributed by atoms with Crippen molar-refractivity contribution >= 4 is 15.9 Å². The second-order valence-corrected chi connectivity index (χ2v) is 4.53. The minimum atomic E-state index is -1.06. The van der Waals surface area contributed by atoms with Crippen LogP contribution in [-0.4, -0.2) is 14.9 Å². The van der Waals surface area contributed by atoms with Crippen molar-refractivity contribution in [1.82, 2.24) is 9.78 Å². The van der Waals surface area contributed by atoms with Gasteiger partial charge in [-0.1, -0.05) is 6.07 Å². The van der Waals surface area contributed by atoms with Gasteiger partial charge in [0.15, 0.2) is 11.6 Å². The summed E-state index contributed by atoms with van der Waals surface area (Å²) in [5.41, 5.74) is 0.799. The second kappa shape index (κ2) is 5.16. The molecule has 18 heavy (non-hydrogen) atoms. The fourth-order valence-corrected chi connectivity index (χ4v) is 2.29. The maximum absolute atomic E-state index is 13.4. The van der Waals surface area contributed by atoms with Crippen molar-refractivity contribution in [3.05, 3.63) is 51.8 Å². The Morgan fingerprint density at radius 1 is 1.39 bits per heavy atom. The molecular formula is C12H11BrF2N2O. The molecule has 1 aromatic heterocycles. The molecule has 0 saturated carbocycles. The highest BCUT2D eigenvalue weighted by molar-refractivity contribution is 9.10. The van der Waals surface area contributed by atoms with Crippen LogP contribution >= 0.6 is 15.9 Å². The number of aliphatic hydroxyl groups is 1. The number of hydrogen-bond donors (Lipinski definition) is 1. The molecule has 0 amide bonds. The topological polar surface area (TPSA) is 38.0 Å². The molecule has 6 heteroatoms. The number of benzene rings is 1. The largest absolute Gasteiger partial charge is 0.382 e. The van der Waals surface area contributed by atoms with Crippen molar-refractivity contribution in [2.45, 2.75) is 19.6 Å². The number of aliphatic hydroxyl groups excluding tert-OH is 1. The van der Waals surface area contributed by atoms with E-state index in [1.54, 1.807) is 16.9 Å². The Labute approximate surface area is 111 Å². The SMILES string of the molecule is CCn1nccc1C(O)c1ccc(F)c(F)c1Br. The third-order valence-corrected chi connectivity index (χ3v) is 3.49. The molecule has 96 valence electrons. The Morgan fingerprint density at radius 3 is 2.78 bits per heavy atom. The third-order valence-electron chi connectivity index (χ3n) is 2.69. The molecule has 0 aliphatic heterocycles. The normalized spacial score (nSPS) is 12.7. The minimum absolute atomic E-state index is 0.0705. The van der Waals surface area contributed by atoms with Crippen LogP contribution in [0.25, 0.3) is 0 Å². The van der Waals surface area contributed by atoms with E-state index in [1.807, 2.05) is 6.92 Å².